The zero-order valence-electron chi connectivity index (χ0n) is 11.3. The molecular weight excluding hydrogens is 236 g/mol. The Morgan fingerprint density at radius 1 is 1.21 bits per heavy atom. The van der Waals surface area contributed by atoms with Gasteiger partial charge in [0.15, 0.2) is 0 Å². The van der Waals surface area contributed by atoms with Crippen molar-refractivity contribution in [3.05, 3.63) is 24.0 Å². The molecule has 1 aromatic rings. The largest absolute Gasteiger partial charge is 0.382 e. The first-order chi connectivity index (χ1) is 9.25. The monoisotopic (exact) mass is 258 g/mol. The molecule has 0 bridgehead atoms. The first-order valence-corrected chi connectivity index (χ1v) is 7.33. The molecule has 1 aliphatic heterocycles. The highest BCUT2D eigenvalue weighted by molar-refractivity contribution is 5.93. The molecule has 0 amide bonds. The lowest BCUT2D eigenvalue weighted by Gasteiger charge is -2.31. The van der Waals surface area contributed by atoms with Gasteiger partial charge < -0.3 is 10.6 Å². The van der Waals surface area contributed by atoms with Gasteiger partial charge in [0.25, 0.3) is 0 Å². The zero-order chi connectivity index (χ0) is 13.2. The van der Waals surface area contributed by atoms with E-state index in [4.69, 9.17) is 11.1 Å². The first kappa shape index (κ1) is 12.5. The van der Waals surface area contributed by atoms with Crippen molar-refractivity contribution in [3.63, 3.8) is 0 Å². The molecular formula is C15H22N4. The minimum absolute atomic E-state index is 0.0420. The van der Waals surface area contributed by atoms with Crippen LogP contribution >= 0.6 is 0 Å². The van der Waals surface area contributed by atoms with E-state index in [0.29, 0.717) is 11.7 Å². The molecule has 1 saturated carbocycles. The highest BCUT2D eigenvalue weighted by atomic mass is 15.2. The van der Waals surface area contributed by atoms with Crippen molar-refractivity contribution in [2.24, 2.45) is 11.7 Å². The molecule has 1 unspecified atom stereocenters. The molecule has 102 valence electrons. The summed E-state index contributed by atoms with van der Waals surface area (Å²) in [5.74, 6) is 0.912. The highest BCUT2D eigenvalue weighted by Gasteiger charge is 2.33. The van der Waals surface area contributed by atoms with Crippen molar-refractivity contribution >= 4 is 11.5 Å². The number of aromatic nitrogens is 1. The van der Waals surface area contributed by atoms with Crippen molar-refractivity contribution in [1.29, 1.82) is 5.41 Å². The summed E-state index contributed by atoms with van der Waals surface area (Å²) < 4.78 is 0. The number of nitrogens with two attached hydrogens (primary N) is 1. The van der Waals surface area contributed by atoms with Crippen LogP contribution < -0.4 is 10.6 Å². The molecule has 3 rings (SSSR count). The van der Waals surface area contributed by atoms with E-state index < -0.39 is 0 Å². The molecule has 4 heteroatoms. The predicted octanol–water partition coefficient (Wildman–Crippen LogP) is 2.52. The number of pyridine rings is 1. The number of nitrogens with one attached hydrogen (secondary N) is 1. The molecule has 2 fully saturated rings. The van der Waals surface area contributed by atoms with E-state index in [9.17, 15) is 0 Å². The predicted molar refractivity (Wildman–Crippen MR) is 77.6 cm³/mol. The summed E-state index contributed by atoms with van der Waals surface area (Å²) in [5, 5.41) is 7.39. The molecule has 2 aliphatic rings. The second-order valence-corrected chi connectivity index (χ2v) is 5.76. The van der Waals surface area contributed by atoms with Gasteiger partial charge in [-0.2, -0.15) is 0 Å². The Bertz CT molecular complexity index is 448. The number of hydrogen-bond donors (Lipinski definition) is 2. The van der Waals surface area contributed by atoms with Crippen LogP contribution in [0.2, 0.25) is 0 Å². The number of nitrogens with zero attached hydrogens (tertiary/aromatic N) is 2. The molecule has 0 spiro atoms. The molecule has 1 atom stereocenters. The van der Waals surface area contributed by atoms with Crippen molar-refractivity contribution in [2.75, 3.05) is 11.4 Å². The smallest absolute Gasteiger partial charge is 0.141 e. The third-order valence-corrected chi connectivity index (χ3v) is 4.60. The van der Waals surface area contributed by atoms with Gasteiger partial charge in [-0.3, -0.25) is 10.4 Å². The van der Waals surface area contributed by atoms with Crippen LogP contribution in [0.1, 0.15) is 44.2 Å². The van der Waals surface area contributed by atoms with Crippen LogP contribution in [0.3, 0.4) is 0 Å². The lowest BCUT2D eigenvalue weighted by molar-refractivity contribution is 0.430. The standard InChI is InChI=1S/C15H22N4/c16-15(17)13-8-7-12(10-18-13)19-9-3-6-14(19)11-4-1-2-5-11/h7-8,10-11,14H,1-6,9H2,(H3,16,17). The van der Waals surface area contributed by atoms with Gasteiger partial charge in [-0.1, -0.05) is 12.8 Å². The van der Waals surface area contributed by atoms with Crippen molar-refractivity contribution in [2.45, 2.75) is 44.6 Å². The van der Waals surface area contributed by atoms with Gasteiger partial charge in [0, 0.05) is 12.6 Å². The molecule has 1 aliphatic carbocycles. The van der Waals surface area contributed by atoms with E-state index in [1.165, 1.54) is 44.2 Å². The number of nitrogen functional groups attached to an aromatic ring is 1. The average molecular weight is 258 g/mol. The first-order valence-electron chi connectivity index (χ1n) is 7.33. The number of amidine groups is 1. The topological polar surface area (TPSA) is 66.0 Å². The van der Waals surface area contributed by atoms with Gasteiger partial charge in [0.1, 0.15) is 11.5 Å². The Morgan fingerprint density at radius 2 is 2.00 bits per heavy atom. The maximum Gasteiger partial charge on any atom is 0.141 e. The van der Waals surface area contributed by atoms with Gasteiger partial charge in [0.2, 0.25) is 0 Å². The van der Waals surface area contributed by atoms with Crippen LogP contribution in [0.4, 0.5) is 5.69 Å². The molecule has 4 nitrogen and oxygen atoms in total. The summed E-state index contributed by atoms with van der Waals surface area (Å²) in [7, 11) is 0. The minimum atomic E-state index is 0.0420. The van der Waals surface area contributed by atoms with Gasteiger partial charge in [0.05, 0.1) is 11.9 Å². The zero-order valence-corrected chi connectivity index (χ0v) is 11.3. The second-order valence-electron chi connectivity index (χ2n) is 5.76. The van der Waals surface area contributed by atoms with Crippen LogP contribution in [-0.2, 0) is 0 Å². The van der Waals surface area contributed by atoms with Crippen LogP contribution in [0.15, 0.2) is 18.3 Å². The van der Waals surface area contributed by atoms with Gasteiger partial charge in [-0.25, -0.2) is 0 Å². The van der Waals surface area contributed by atoms with Gasteiger partial charge in [-0.05, 0) is 43.7 Å². The SMILES string of the molecule is N=C(N)c1ccc(N2CCCC2C2CCCC2)cn1. The third kappa shape index (κ3) is 2.44. The van der Waals surface area contributed by atoms with Crippen LogP contribution in [0, 0.1) is 11.3 Å². The number of rotatable bonds is 3. The number of anilines is 1. The van der Waals surface area contributed by atoms with E-state index in [1.54, 1.807) is 0 Å². The Labute approximate surface area is 114 Å². The van der Waals surface area contributed by atoms with E-state index in [1.807, 2.05) is 12.3 Å². The summed E-state index contributed by atoms with van der Waals surface area (Å²) >= 11 is 0. The summed E-state index contributed by atoms with van der Waals surface area (Å²) in [4.78, 5) is 6.81. The van der Waals surface area contributed by atoms with E-state index in [0.717, 1.165) is 12.5 Å². The lowest BCUT2D eigenvalue weighted by Crippen LogP contribution is -2.34. The molecule has 2 heterocycles. The quantitative estimate of drug-likeness (QED) is 0.646. The van der Waals surface area contributed by atoms with Crippen LogP contribution in [0.5, 0.6) is 0 Å². The molecule has 3 N–H and O–H groups in total. The van der Waals surface area contributed by atoms with Crippen molar-refractivity contribution in [1.82, 2.24) is 4.98 Å². The van der Waals surface area contributed by atoms with Crippen LogP contribution in [-0.4, -0.2) is 23.4 Å². The summed E-state index contributed by atoms with van der Waals surface area (Å²) in [6, 6.07) is 4.63. The molecule has 1 saturated heterocycles. The fraction of sp³-hybridized carbons (Fsp3) is 0.600. The minimum Gasteiger partial charge on any atom is -0.382 e. The molecule has 0 radical (unpaired) electrons. The van der Waals surface area contributed by atoms with E-state index >= 15 is 0 Å². The number of hydrogen-bond acceptors (Lipinski definition) is 3. The Balaban J connectivity index is 1.78. The third-order valence-electron chi connectivity index (χ3n) is 4.60. The molecule has 19 heavy (non-hydrogen) atoms. The molecule has 1 aromatic heterocycles. The van der Waals surface area contributed by atoms with Crippen molar-refractivity contribution in [3.8, 4) is 0 Å². The summed E-state index contributed by atoms with van der Waals surface area (Å²) in [6.45, 7) is 1.14. The fourth-order valence-electron chi connectivity index (χ4n) is 3.66. The average Bonchev–Trinajstić information content (AvgIpc) is 3.09. The van der Waals surface area contributed by atoms with Gasteiger partial charge in [-0.15, -0.1) is 0 Å². The maximum atomic E-state index is 7.39. The normalized spacial score (nSPS) is 24.0. The summed E-state index contributed by atoms with van der Waals surface area (Å²) in [6.07, 6.45) is 10.1. The van der Waals surface area contributed by atoms with Crippen LogP contribution in [0.25, 0.3) is 0 Å². The maximum absolute atomic E-state index is 7.39. The highest BCUT2D eigenvalue weighted by Crippen LogP contribution is 2.37. The van der Waals surface area contributed by atoms with Crippen molar-refractivity contribution < 1.29 is 0 Å². The fourth-order valence-corrected chi connectivity index (χ4v) is 3.66. The Kier molecular flexibility index (Phi) is 3.40. The van der Waals surface area contributed by atoms with Gasteiger partial charge >= 0.3 is 0 Å². The Morgan fingerprint density at radius 3 is 2.63 bits per heavy atom. The second kappa shape index (κ2) is 5.19. The summed E-state index contributed by atoms with van der Waals surface area (Å²) in [5.41, 5.74) is 7.21. The Hall–Kier alpha value is -1.58. The lowest BCUT2D eigenvalue weighted by atomic mass is 9.96. The van der Waals surface area contributed by atoms with E-state index in [2.05, 4.69) is 16.0 Å². The van der Waals surface area contributed by atoms with E-state index in [-0.39, 0.29) is 5.84 Å². The molecule has 0 aromatic carbocycles.